The van der Waals surface area contributed by atoms with Crippen LogP contribution in [0.15, 0.2) is 60.2 Å². The average Bonchev–Trinajstić information content (AvgIpc) is 3.15. The highest BCUT2D eigenvalue weighted by Gasteiger charge is 2.29. The molecule has 1 aromatic carbocycles. The van der Waals surface area contributed by atoms with Crippen LogP contribution in [-0.4, -0.2) is 47.1 Å². The summed E-state index contributed by atoms with van der Waals surface area (Å²) in [5, 5.41) is 17.8. The minimum atomic E-state index is -1.64. The minimum absolute atomic E-state index is 0.243. The highest BCUT2D eigenvalue weighted by atomic mass is 35.5. The number of nitro groups is 1. The van der Waals surface area contributed by atoms with E-state index in [0.717, 1.165) is 17.5 Å². The first-order valence-corrected chi connectivity index (χ1v) is 14.2. The van der Waals surface area contributed by atoms with E-state index >= 15 is 0 Å². The Bertz CT molecular complexity index is 878. The van der Waals surface area contributed by atoms with Crippen molar-refractivity contribution in [3.05, 3.63) is 81.0 Å². The van der Waals surface area contributed by atoms with Gasteiger partial charge in [-0.15, -0.1) is 0 Å². The predicted octanol–water partition coefficient (Wildman–Crippen LogP) is 3.47. The Labute approximate surface area is 181 Å². The second kappa shape index (κ2) is 9.64. The lowest BCUT2D eigenvalue weighted by atomic mass is 10.2. The number of aromatic nitrogens is 1. The molecule has 0 bridgehead atoms. The zero-order valence-electron chi connectivity index (χ0n) is 16.6. The van der Waals surface area contributed by atoms with Crippen LogP contribution < -0.4 is 10.5 Å². The summed E-state index contributed by atoms with van der Waals surface area (Å²) in [6, 6.07) is 14.1. The van der Waals surface area contributed by atoms with Gasteiger partial charge >= 0.3 is 0 Å². The maximum absolute atomic E-state index is 11.8. The Morgan fingerprint density at radius 2 is 2.07 bits per heavy atom. The van der Waals surface area contributed by atoms with E-state index in [4.69, 9.17) is 11.6 Å². The van der Waals surface area contributed by atoms with Gasteiger partial charge in [-0.25, -0.2) is 4.98 Å². The van der Waals surface area contributed by atoms with E-state index in [0.29, 0.717) is 29.8 Å². The molecule has 1 N–H and O–H groups in total. The Balaban J connectivity index is 1.69. The van der Waals surface area contributed by atoms with Crippen molar-refractivity contribution in [1.29, 1.82) is 0 Å². The Hall–Kier alpha value is -2.03. The molecule has 0 radical (unpaired) electrons. The number of nitrogens with one attached hydrogen (secondary N) is 1. The quantitative estimate of drug-likeness (QED) is 0.288. The molecule has 154 valence electrons. The van der Waals surface area contributed by atoms with E-state index in [1.165, 1.54) is 5.19 Å². The third-order valence-electron chi connectivity index (χ3n) is 4.90. The highest BCUT2D eigenvalue weighted by Crippen LogP contribution is 2.22. The van der Waals surface area contributed by atoms with Crippen molar-refractivity contribution in [3.8, 4) is 0 Å². The molecule has 1 aromatic heterocycles. The van der Waals surface area contributed by atoms with Gasteiger partial charge in [-0.3, -0.25) is 10.1 Å². The molecule has 0 spiro atoms. The van der Waals surface area contributed by atoms with E-state index in [1.807, 2.05) is 17.0 Å². The molecule has 1 saturated heterocycles. The van der Waals surface area contributed by atoms with Crippen molar-refractivity contribution in [3.63, 3.8) is 0 Å². The normalized spacial score (nSPS) is 15.9. The van der Waals surface area contributed by atoms with Crippen LogP contribution in [0.5, 0.6) is 0 Å². The monoisotopic (exact) mass is 448 g/mol. The van der Waals surface area contributed by atoms with Crippen molar-refractivity contribution in [2.75, 3.05) is 24.2 Å². The molecule has 0 atom stereocenters. The molecular weight excluding hydrogens is 424 g/mol. The van der Waals surface area contributed by atoms with Gasteiger partial charge in [-0.05, 0) is 17.0 Å². The Morgan fingerprint density at radius 3 is 2.72 bits per heavy atom. The molecule has 0 unspecified atom stereocenters. The summed E-state index contributed by atoms with van der Waals surface area (Å²) >= 11 is 7.51. The topological polar surface area (TPSA) is 71.3 Å². The minimum Gasteiger partial charge on any atom is -0.365 e. The fraction of sp³-hybridized carbons (Fsp3) is 0.350. The summed E-state index contributed by atoms with van der Waals surface area (Å²) < 4.78 is 0. The lowest BCUT2D eigenvalue weighted by Crippen LogP contribution is -2.44. The first-order valence-electron chi connectivity index (χ1n) is 9.47. The first kappa shape index (κ1) is 21.7. The van der Waals surface area contributed by atoms with Crippen LogP contribution >= 0.6 is 23.4 Å². The summed E-state index contributed by atoms with van der Waals surface area (Å²) in [5.74, 6) is 1.00. The molecule has 1 aliphatic rings. The largest absolute Gasteiger partial charge is 0.365 e. The zero-order chi connectivity index (χ0) is 20.9. The van der Waals surface area contributed by atoms with E-state index in [-0.39, 0.29) is 10.6 Å². The lowest BCUT2D eigenvalue weighted by Gasteiger charge is -2.23. The van der Waals surface area contributed by atoms with Gasteiger partial charge in [0.25, 0.3) is 5.70 Å². The number of hydrogen-bond acceptors (Lipinski definition) is 6. The van der Waals surface area contributed by atoms with Gasteiger partial charge in [0, 0.05) is 25.8 Å². The van der Waals surface area contributed by atoms with Gasteiger partial charge in [0.1, 0.15) is 5.15 Å². The van der Waals surface area contributed by atoms with Crippen LogP contribution in [-0.2, 0) is 6.54 Å². The second-order valence-electron chi connectivity index (χ2n) is 7.63. The van der Waals surface area contributed by atoms with Crippen molar-refractivity contribution >= 4 is 36.6 Å². The molecule has 0 saturated carbocycles. The number of nitrogens with zero attached hydrogens (tertiary/aromatic N) is 3. The van der Waals surface area contributed by atoms with Gasteiger partial charge < -0.3 is 10.2 Å². The van der Waals surface area contributed by atoms with Gasteiger partial charge in [0.05, 0.1) is 18.8 Å². The number of halogens is 1. The van der Waals surface area contributed by atoms with Crippen LogP contribution in [0.4, 0.5) is 0 Å². The van der Waals surface area contributed by atoms with Crippen LogP contribution in [0.3, 0.4) is 0 Å². The Morgan fingerprint density at radius 1 is 1.31 bits per heavy atom. The second-order valence-corrected chi connectivity index (χ2v) is 14.2. The summed E-state index contributed by atoms with van der Waals surface area (Å²) in [6.07, 6.45) is 1.72. The third-order valence-corrected chi connectivity index (χ3v) is 11.2. The molecule has 1 fully saturated rings. The van der Waals surface area contributed by atoms with E-state index in [2.05, 4.69) is 47.7 Å². The van der Waals surface area contributed by atoms with Gasteiger partial charge in [0.15, 0.2) is 5.82 Å². The SMILES string of the molecule is C[Si](C)(CSCC(=C1NCCN1Cc1ccc(Cl)nc1)[N+](=O)[O-])c1ccccc1. The lowest BCUT2D eigenvalue weighted by molar-refractivity contribution is -0.425. The van der Waals surface area contributed by atoms with E-state index in [1.54, 1.807) is 24.0 Å². The van der Waals surface area contributed by atoms with Crippen LogP contribution in [0.2, 0.25) is 18.2 Å². The van der Waals surface area contributed by atoms with Crippen LogP contribution in [0.1, 0.15) is 5.56 Å². The molecule has 1 aliphatic heterocycles. The predicted molar refractivity (Wildman–Crippen MR) is 123 cm³/mol. The zero-order valence-corrected chi connectivity index (χ0v) is 19.2. The number of benzene rings is 1. The molecule has 2 aromatic rings. The first-order chi connectivity index (χ1) is 13.9. The fourth-order valence-electron chi connectivity index (χ4n) is 3.28. The maximum Gasteiger partial charge on any atom is 0.295 e. The fourth-order valence-corrected chi connectivity index (χ4v) is 8.04. The molecule has 9 heteroatoms. The van der Waals surface area contributed by atoms with Crippen LogP contribution in [0.25, 0.3) is 0 Å². The molecule has 2 heterocycles. The van der Waals surface area contributed by atoms with Gasteiger partial charge in [0.2, 0.25) is 0 Å². The Kier molecular flexibility index (Phi) is 7.21. The number of rotatable bonds is 8. The molecule has 6 nitrogen and oxygen atoms in total. The molecule has 0 aliphatic carbocycles. The smallest absolute Gasteiger partial charge is 0.295 e. The van der Waals surface area contributed by atoms with Crippen molar-refractivity contribution < 1.29 is 4.92 Å². The third kappa shape index (κ3) is 5.74. The highest BCUT2D eigenvalue weighted by molar-refractivity contribution is 8.01. The van der Waals surface area contributed by atoms with Gasteiger partial charge in [-0.1, -0.05) is 66.3 Å². The summed E-state index contributed by atoms with van der Waals surface area (Å²) in [4.78, 5) is 17.7. The number of thioether (sulfide) groups is 1. The number of pyridine rings is 1. The standard InChI is InChI=1S/C20H25ClN4O2SSi/c1-29(2,17-6-4-3-5-7-17)15-28-14-18(25(26)27)20-22-10-11-24(20)13-16-8-9-19(21)23-12-16/h3-9,12,22H,10-11,13-15H2,1-2H3. The van der Waals surface area contributed by atoms with E-state index in [9.17, 15) is 10.1 Å². The summed E-state index contributed by atoms with van der Waals surface area (Å²) in [7, 11) is -1.64. The summed E-state index contributed by atoms with van der Waals surface area (Å²) in [6.45, 7) is 6.61. The summed E-state index contributed by atoms with van der Waals surface area (Å²) in [5.41, 5.74) is 1.22. The van der Waals surface area contributed by atoms with Crippen LogP contribution in [0, 0.1) is 10.1 Å². The van der Waals surface area contributed by atoms with Gasteiger partial charge in [-0.2, -0.15) is 11.8 Å². The van der Waals surface area contributed by atoms with Crippen molar-refractivity contribution in [1.82, 2.24) is 15.2 Å². The van der Waals surface area contributed by atoms with E-state index < -0.39 is 8.07 Å². The average molecular weight is 449 g/mol. The maximum atomic E-state index is 11.8. The van der Waals surface area contributed by atoms with Crippen molar-refractivity contribution in [2.45, 2.75) is 19.6 Å². The molecule has 3 rings (SSSR count). The molecular formula is C20H25ClN4O2SSi. The van der Waals surface area contributed by atoms with Crippen molar-refractivity contribution in [2.24, 2.45) is 0 Å². The molecule has 0 amide bonds. The molecule has 29 heavy (non-hydrogen) atoms. The number of hydrogen-bond donors (Lipinski definition) is 1.